The second kappa shape index (κ2) is 10.5. The Kier molecular flexibility index (Phi) is 7.56. The molecule has 0 saturated heterocycles. The van der Waals surface area contributed by atoms with Crippen molar-refractivity contribution in [3.8, 4) is 5.75 Å². The molecule has 3 aromatic rings. The summed E-state index contributed by atoms with van der Waals surface area (Å²) in [5.41, 5.74) is 1.42. The van der Waals surface area contributed by atoms with Gasteiger partial charge in [-0.1, -0.05) is 42.5 Å². The SMILES string of the molecule is COc1c(F)cccc1C(=O)N/C(C)=C(/C(=O)NCCc1cccs1)c1ccccc1. The maximum Gasteiger partial charge on any atom is 0.259 e. The molecule has 160 valence electrons. The van der Waals surface area contributed by atoms with Crippen LogP contribution in [-0.2, 0) is 11.2 Å². The van der Waals surface area contributed by atoms with Crippen molar-refractivity contribution in [1.29, 1.82) is 0 Å². The number of ether oxygens (including phenoxy) is 1. The number of nitrogens with one attached hydrogen (secondary N) is 2. The first-order chi connectivity index (χ1) is 15.0. The first-order valence-corrected chi connectivity index (χ1v) is 10.6. The number of para-hydroxylation sites is 1. The highest BCUT2D eigenvalue weighted by molar-refractivity contribution is 7.09. The van der Waals surface area contributed by atoms with Gasteiger partial charge in [-0.3, -0.25) is 9.59 Å². The third-order valence-electron chi connectivity index (χ3n) is 4.62. The molecule has 7 heteroatoms. The van der Waals surface area contributed by atoms with E-state index in [1.165, 1.54) is 30.2 Å². The van der Waals surface area contributed by atoms with Gasteiger partial charge in [-0.2, -0.15) is 0 Å². The van der Waals surface area contributed by atoms with Crippen molar-refractivity contribution in [3.05, 3.63) is 93.6 Å². The Morgan fingerprint density at radius 2 is 1.81 bits per heavy atom. The maximum absolute atomic E-state index is 14.0. The zero-order chi connectivity index (χ0) is 22.2. The summed E-state index contributed by atoms with van der Waals surface area (Å²) in [4.78, 5) is 27.0. The lowest BCUT2D eigenvalue weighted by molar-refractivity contribution is -0.115. The summed E-state index contributed by atoms with van der Waals surface area (Å²) < 4.78 is 19.0. The highest BCUT2D eigenvalue weighted by Crippen LogP contribution is 2.23. The van der Waals surface area contributed by atoms with Gasteiger partial charge in [0.25, 0.3) is 11.8 Å². The van der Waals surface area contributed by atoms with Crippen LogP contribution in [0.4, 0.5) is 4.39 Å². The fourth-order valence-electron chi connectivity index (χ4n) is 3.16. The number of halogens is 1. The molecular weight excluding hydrogens is 415 g/mol. The van der Waals surface area contributed by atoms with Crippen LogP contribution in [0, 0.1) is 5.82 Å². The average molecular weight is 439 g/mol. The van der Waals surface area contributed by atoms with Crippen molar-refractivity contribution in [2.45, 2.75) is 13.3 Å². The minimum atomic E-state index is -0.633. The van der Waals surface area contributed by atoms with Gasteiger partial charge in [0.1, 0.15) is 0 Å². The zero-order valence-corrected chi connectivity index (χ0v) is 18.1. The number of carbonyl (C=O) groups is 2. The van der Waals surface area contributed by atoms with Gasteiger partial charge in [-0.25, -0.2) is 4.39 Å². The fraction of sp³-hybridized carbons (Fsp3) is 0.167. The summed E-state index contributed by atoms with van der Waals surface area (Å²) in [5.74, 6) is -1.64. The average Bonchev–Trinajstić information content (AvgIpc) is 3.28. The third kappa shape index (κ3) is 5.58. The Bertz CT molecular complexity index is 1080. The van der Waals surface area contributed by atoms with Crippen molar-refractivity contribution in [2.75, 3.05) is 13.7 Å². The largest absolute Gasteiger partial charge is 0.493 e. The summed E-state index contributed by atoms with van der Waals surface area (Å²) >= 11 is 1.63. The fourth-order valence-corrected chi connectivity index (χ4v) is 3.87. The molecule has 2 amide bonds. The van der Waals surface area contributed by atoms with Crippen LogP contribution < -0.4 is 15.4 Å². The van der Waals surface area contributed by atoms with Crippen LogP contribution in [0.5, 0.6) is 5.75 Å². The van der Waals surface area contributed by atoms with Crippen molar-refractivity contribution < 1.29 is 18.7 Å². The van der Waals surface area contributed by atoms with E-state index in [0.717, 1.165) is 6.42 Å². The van der Waals surface area contributed by atoms with Crippen LogP contribution in [0.15, 0.2) is 71.7 Å². The van der Waals surface area contributed by atoms with E-state index >= 15 is 0 Å². The lowest BCUT2D eigenvalue weighted by Gasteiger charge is -2.15. The Hall–Kier alpha value is -3.45. The molecule has 2 aromatic carbocycles. The van der Waals surface area contributed by atoms with Gasteiger partial charge < -0.3 is 15.4 Å². The molecule has 1 aromatic heterocycles. The lowest BCUT2D eigenvalue weighted by atomic mass is 10.0. The molecule has 0 saturated carbocycles. The summed E-state index contributed by atoms with van der Waals surface area (Å²) in [6.45, 7) is 2.11. The van der Waals surface area contributed by atoms with Gasteiger partial charge >= 0.3 is 0 Å². The monoisotopic (exact) mass is 438 g/mol. The summed E-state index contributed by atoms with van der Waals surface area (Å²) in [6, 6.07) is 17.2. The molecule has 5 nitrogen and oxygen atoms in total. The topological polar surface area (TPSA) is 67.4 Å². The number of methoxy groups -OCH3 is 1. The smallest absolute Gasteiger partial charge is 0.259 e. The highest BCUT2D eigenvalue weighted by atomic mass is 32.1. The van der Waals surface area contributed by atoms with E-state index in [1.807, 2.05) is 35.7 Å². The summed E-state index contributed by atoms with van der Waals surface area (Å²) in [5, 5.41) is 7.63. The Morgan fingerprint density at radius 3 is 2.48 bits per heavy atom. The van der Waals surface area contributed by atoms with Crippen molar-refractivity contribution in [1.82, 2.24) is 10.6 Å². The van der Waals surface area contributed by atoms with Crippen molar-refractivity contribution in [2.24, 2.45) is 0 Å². The van der Waals surface area contributed by atoms with Crippen LogP contribution in [0.2, 0.25) is 0 Å². The second-order valence-electron chi connectivity index (χ2n) is 6.73. The molecule has 31 heavy (non-hydrogen) atoms. The Labute approximate surface area is 184 Å². The molecule has 0 fully saturated rings. The van der Waals surface area contributed by atoms with E-state index < -0.39 is 11.7 Å². The second-order valence-corrected chi connectivity index (χ2v) is 7.76. The van der Waals surface area contributed by atoms with E-state index in [4.69, 9.17) is 4.74 Å². The molecule has 0 aliphatic heterocycles. The molecule has 0 aliphatic carbocycles. The number of rotatable bonds is 8. The van der Waals surface area contributed by atoms with E-state index in [1.54, 1.807) is 30.4 Å². The minimum absolute atomic E-state index is 0.0485. The number of allylic oxidation sites excluding steroid dienone is 1. The quantitative estimate of drug-likeness (QED) is 0.512. The number of benzene rings is 2. The molecule has 1 heterocycles. The third-order valence-corrected chi connectivity index (χ3v) is 5.55. The normalized spacial score (nSPS) is 11.5. The predicted molar refractivity (Wildman–Crippen MR) is 120 cm³/mol. The molecule has 0 aliphatic rings. The Morgan fingerprint density at radius 1 is 1.03 bits per heavy atom. The van der Waals surface area contributed by atoms with Gasteiger partial charge in [0, 0.05) is 17.1 Å². The summed E-state index contributed by atoms with van der Waals surface area (Å²) in [6.07, 6.45) is 0.720. The maximum atomic E-state index is 14.0. The van der Waals surface area contributed by atoms with Gasteiger partial charge in [-0.15, -0.1) is 11.3 Å². The molecule has 0 unspecified atom stereocenters. The molecule has 0 spiro atoms. The van der Waals surface area contributed by atoms with Gasteiger partial charge in [-0.05, 0) is 42.5 Å². The number of amides is 2. The molecule has 2 N–H and O–H groups in total. The molecule has 0 radical (unpaired) electrons. The zero-order valence-electron chi connectivity index (χ0n) is 17.3. The van der Waals surface area contributed by atoms with E-state index in [2.05, 4.69) is 10.6 Å². The van der Waals surface area contributed by atoms with Crippen molar-refractivity contribution in [3.63, 3.8) is 0 Å². The van der Waals surface area contributed by atoms with Crippen LogP contribution in [0.3, 0.4) is 0 Å². The standard InChI is InChI=1S/C24H23FN2O3S/c1-16(27-23(28)19-11-6-12-20(25)22(19)30-2)21(17-8-4-3-5-9-17)24(29)26-14-13-18-10-7-15-31-18/h3-12,15H,13-14H2,1-2H3,(H,26,29)(H,27,28)/b21-16+. The van der Waals surface area contributed by atoms with E-state index in [-0.39, 0.29) is 17.2 Å². The van der Waals surface area contributed by atoms with Crippen LogP contribution in [0.25, 0.3) is 5.57 Å². The number of hydrogen-bond donors (Lipinski definition) is 2. The number of hydrogen-bond acceptors (Lipinski definition) is 4. The molecular formula is C24H23FN2O3S. The summed E-state index contributed by atoms with van der Waals surface area (Å²) in [7, 11) is 1.30. The van der Waals surface area contributed by atoms with Gasteiger partial charge in [0.15, 0.2) is 11.6 Å². The first kappa shape index (κ1) is 22.2. The van der Waals surface area contributed by atoms with E-state index in [0.29, 0.717) is 23.4 Å². The molecule has 3 rings (SSSR count). The highest BCUT2D eigenvalue weighted by Gasteiger charge is 2.20. The lowest BCUT2D eigenvalue weighted by Crippen LogP contribution is -2.30. The minimum Gasteiger partial charge on any atom is -0.493 e. The van der Waals surface area contributed by atoms with Crippen LogP contribution >= 0.6 is 11.3 Å². The van der Waals surface area contributed by atoms with Crippen LogP contribution in [-0.4, -0.2) is 25.5 Å². The Balaban J connectivity index is 1.84. The van der Waals surface area contributed by atoms with Crippen LogP contribution in [0.1, 0.15) is 27.7 Å². The molecule has 0 bridgehead atoms. The molecule has 0 atom stereocenters. The van der Waals surface area contributed by atoms with Gasteiger partial charge in [0.2, 0.25) is 0 Å². The number of carbonyl (C=O) groups excluding carboxylic acids is 2. The van der Waals surface area contributed by atoms with E-state index in [9.17, 15) is 14.0 Å². The number of thiophene rings is 1. The predicted octanol–water partition coefficient (Wildman–Crippen LogP) is 4.42. The van der Waals surface area contributed by atoms with Crippen molar-refractivity contribution >= 4 is 28.7 Å². The van der Waals surface area contributed by atoms with Gasteiger partial charge in [0.05, 0.1) is 18.2 Å². The first-order valence-electron chi connectivity index (χ1n) is 9.72.